The molecule has 0 heterocycles. The van der Waals surface area contributed by atoms with Crippen molar-refractivity contribution >= 4 is 25.3 Å². The zero-order valence-corrected chi connectivity index (χ0v) is 16.8. The Morgan fingerprint density at radius 2 is 0.688 bits per heavy atom. The van der Waals surface area contributed by atoms with Crippen LogP contribution in [0.1, 0.15) is 41.5 Å². The molecule has 106 valence electrons. The molecule has 0 aliphatic heterocycles. The van der Waals surface area contributed by atoms with Crippen LogP contribution in [0.4, 0.5) is 0 Å². The van der Waals surface area contributed by atoms with E-state index < -0.39 is 0 Å². The molecular weight excluding hydrogens is 437 g/mol. The zero-order chi connectivity index (χ0) is 13.4. The summed E-state index contributed by atoms with van der Waals surface area (Å²) in [6, 6.07) is 0. The number of hydrogen-bond donors (Lipinski definition) is 0. The molecule has 0 aliphatic rings. The van der Waals surface area contributed by atoms with Gasteiger partial charge in [0.15, 0.2) is 0 Å². The van der Waals surface area contributed by atoms with Crippen LogP contribution in [0.5, 0.6) is 0 Å². The Hall–Kier alpha value is 1.84. The van der Waals surface area contributed by atoms with Crippen LogP contribution >= 0.6 is 25.3 Å². The first kappa shape index (κ1) is 23.0. The molecule has 0 atom stereocenters. The summed E-state index contributed by atoms with van der Waals surface area (Å²) in [7, 11) is 5.53. The normalized spacial score (nSPS) is 9.44. The van der Waals surface area contributed by atoms with Crippen LogP contribution in [0.25, 0.3) is 0 Å². The van der Waals surface area contributed by atoms with E-state index in [1.54, 1.807) is 0 Å². The number of rotatable bonds is 6. The van der Waals surface area contributed by atoms with Gasteiger partial charge in [-0.3, -0.25) is 0 Å². The molecule has 0 aliphatic carbocycles. The molecule has 0 fully saturated rings. The Morgan fingerprint density at radius 1 is 0.562 bits per heavy atom. The van der Waals surface area contributed by atoms with Crippen molar-refractivity contribution < 1.29 is 18.8 Å². The molecule has 16 heavy (non-hydrogen) atoms. The van der Waals surface area contributed by atoms with Crippen molar-refractivity contribution in [3.05, 3.63) is 0 Å². The molecule has 0 amide bonds. The molecular formula is C12H31ClP2Pt. The third-order valence-electron chi connectivity index (χ3n) is 2.68. The summed E-state index contributed by atoms with van der Waals surface area (Å²) in [6.45, 7) is 13.7. The molecule has 0 spiro atoms. The fourth-order valence-electron chi connectivity index (χ4n) is 1.34. The summed E-state index contributed by atoms with van der Waals surface area (Å²) in [4.78, 5) is 0. The van der Waals surface area contributed by atoms with Gasteiger partial charge in [0.1, 0.15) is 0 Å². The van der Waals surface area contributed by atoms with E-state index in [-0.39, 0.29) is 0 Å². The van der Waals surface area contributed by atoms with Crippen molar-refractivity contribution in [1.82, 2.24) is 0 Å². The first-order valence-electron chi connectivity index (χ1n) is 6.27. The summed E-state index contributed by atoms with van der Waals surface area (Å²) in [5, 5.41) is 0. The minimum atomic E-state index is 0.446. The zero-order valence-electron chi connectivity index (χ0n) is 11.8. The second kappa shape index (κ2) is 22.1. The van der Waals surface area contributed by atoms with E-state index in [1.807, 2.05) is 0 Å². The molecule has 0 unspecified atom stereocenters. The van der Waals surface area contributed by atoms with Crippen LogP contribution in [0, 0.1) is 0 Å². The molecule has 0 bridgehead atoms. The van der Waals surface area contributed by atoms with Gasteiger partial charge in [0.05, 0.1) is 0 Å². The van der Waals surface area contributed by atoms with Gasteiger partial charge in [0.2, 0.25) is 0 Å². The van der Waals surface area contributed by atoms with E-state index in [4.69, 9.17) is 0 Å². The van der Waals surface area contributed by atoms with Gasteiger partial charge in [0, 0.05) is 0 Å². The summed E-state index contributed by atoms with van der Waals surface area (Å²) >= 11 is 1.47. The summed E-state index contributed by atoms with van der Waals surface area (Å²) in [6.07, 6.45) is 8.51. The van der Waals surface area contributed by atoms with E-state index in [1.165, 1.54) is 55.7 Å². The molecule has 0 nitrogen and oxygen atoms in total. The SMILES string of the molecule is CCP(CC)CC.CCP(CC)CC.[Cl][PtH]. The Morgan fingerprint density at radius 3 is 0.688 bits per heavy atom. The van der Waals surface area contributed by atoms with Gasteiger partial charge in [0.25, 0.3) is 0 Å². The van der Waals surface area contributed by atoms with Crippen molar-refractivity contribution in [2.45, 2.75) is 41.5 Å². The van der Waals surface area contributed by atoms with E-state index in [9.17, 15) is 0 Å². The fourth-order valence-corrected chi connectivity index (χ4v) is 4.02. The quantitative estimate of drug-likeness (QED) is 0.454. The van der Waals surface area contributed by atoms with Gasteiger partial charge in [-0.25, -0.2) is 0 Å². The van der Waals surface area contributed by atoms with Gasteiger partial charge in [-0.1, -0.05) is 41.5 Å². The van der Waals surface area contributed by atoms with Crippen LogP contribution in [0.3, 0.4) is 0 Å². The molecule has 0 aromatic heterocycles. The maximum absolute atomic E-state index is 4.64. The average Bonchev–Trinajstić information content (AvgIpc) is 2.37. The van der Waals surface area contributed by atoms with Gasteiger partial charge in [-0.05, 0) is 37.0 Å². The standard InChI is InChI=1S/2C6H15P.ClH.Pt.H/c2*1-4-7(5-2)6-3;;;/h2*4-6H2,1-3H3;1H;;/q;;;+1;/p-1. The second-order valence-corrected chi connectivity index (χ2v) is 9.72. The second-order valence-electron chi connectivity index (χ2n) is 3.24. The van der Waals surface area contributed by atoms with E-state index in [2.05, 4.69) is 51.0 Å². The van der Waals surface area contributed by atoms with Crippen LogP contribution < -0.4 is 0 Å². The molecule has 0 N–H and O–H groups in total. The Labute approximate surface area is 122 Å². The van der Waals surface area contributed by atoms with Gasteiger partial charge in [-0.2, -0.15) is 0 Å². The third-order valence-corrected chi connectivity index (χ3v) is 8.05. The number of halogens is 1. The van der Waals surface area contributed by atoms with Crippen molar-refractivity contribution in [1.29, 1.82) is 0 Å². The maximum atomic E-state index is 4.64. The Kier molecular flexibility index (Phi) is 31.7. The van der Waals surface area contributed by atoms with E-state index >= 15 is 0 Å². The topological polar surface area (TPSA) is 0 Å². The van der Waals surface area contributed by atoms with Gasteiger partial charge in [-0.15, -0.1) is 15.8 Å². The van der Waals surface area contributed by atoms with Crippen molar-refractivity contribution in [2.75, 3.05) is 37.0 Å². The average molecular weight is 468 g/mol. The first-order valence-corrected chi connectivity index (χ1v) is 13.0. The van der Waals surface area contributed by atoms with E-state index in [0.717, 1.165) is 0 Å². The van der Waals surface area contributed by atoms with Crippen LogP contribution in [-0.2, 0) is 18.8 Å². The van der Waals surface area contributed by atoms with Crippen LogP contribution in [0.15, 0.2) is 0 Å². The predicted molar refractivity (Wildman–Crippen MR) is 84.3 cm³/mol. The molecule has 4 heteroatoms. The molecule has 0 saturated carbocycles. The van der Waals surface area contributed by atoms with Crippen LogP contribution in [0.2, 0.25) is 0 Å². The summed E-state index contributed by atoms with van der Waals surface area (Å²) < 4.78 is 0. The summed E-state index contributed by atoms with van der Waals surface area (Å²) in [5.41, 5.74) is 0. The van der Waals surface area contributed by atoms with Crippen molar-refractivity contribution in [3.63, 3.8) is 0 Å². The Bertz CT molecular complexity index is 74.0. The Balaban J connectivity index is -0.000000183. The van der Waals surface area contributed by atoms with Crippen LogP contribution in [-0.4, -0.2) is 37.0 Å². The van der Waals surface area contributed by atoms with Gasteiger partial charge < -0.3 is 0 Å². The predicted octanol–water partition coefficient (Wildman–Crippen LogP) is 5.48. The molecule has 0 radical (unpaired) electrons. The molecule has 0 aromatic rings. The third kappa shape index (κ3) is 18.2. The van der Waals surface area contributed by atoms with Gasteiger partial charge >= 0.3 is 28.2 Å². The van der Waals surface area contributed by atoms with E-state index in [0.29, 0.717) is 15.8 Å². The van der Waals surface area contributed by atoms with Crippen molar-refractivity contribution in [3.8, 4) is 0 Å². The van der Waals surface area contributed by atoms with Crippen molar-refractivity contribution in [2.24, 2.45) is 0 Å². The number of hydrogen-bond acceptors (Lipinski definition) is 0. The minimum absolute atomic E-state index is 0.446. The summed E-state index contributed by atoms with van der Waals surface area (Å²) in [5.74, 6) is 0. The molecule has 0 aromatic carbocycles. The molecule has 0 rings (SSSR count). The molecule has 0 saturated heterocycles. The first-order chi connectivity index (χ1) is 7.69. The monoisotopic (exact) mass is 467 g/mol. The fraction of sp³-hybridized carbons (Fsp3) is 1.00.